The zero-order valence-electron chi connectivity index (χ0n) is 13.0. The van der Waals surface area contributed by atoms with Crippen LogP contribution in [0.15, 0.2) is 6.20 Å². The molecule has 1 aliphatic heterocycles. The number of aliphatic hydroxyl groups is 1. The van der Waals surface area contributed by atoms with Gasteiger partial charge in [0, 0.05) is 12.4 Å². The number of nitriles is 1. The van der Waals surface area contributed by atoms with Crippen molar-refractivity contribution >= 4 is 29.0 Å². The largest absolute Gasteiger partial charge is 0.374 e. The average Bonchev–Trinajstić information content (AvgIpc) is 3.14. The second-order valence-corrected chi connectivity index (χ2v) is 6.44. The first-order valence-corrected chi connectivity index (χ1v) is 8.81. The van der Waals surface area contributed by atoms with Crippen LogP contribution in [0, 0.1) is 11.3 Å². The maximum Gasteiger partial charge on any atom is 0.196 e. The van der Waals surface area contributed by atoms with Gasteiger partial charge in [0.05, 0.1) is 11.9 Å². The molecule has 7 nitrogen and oxygen atoms in total. The van der Waals surface area contributed by atoms with E-state index in [9.17, 15) is 10.4 Å². The maximum absolute atomic E-state index is 10.1. The predicted octanol–water partition coefficient (Wildman–Crippen LogP) is 2.68. The molecule has 3 heterocycles. The van der Waals surface area contributed by atoms with Crippen molar-refractivity contribution in [2.75, 3.05) is 11.2 Å². The fraction of sp³-hybridized carbons (Fsp3) is 0.533. The third-order valence-corrected chi connectivity index (χ3v) is 4.67. The van der Waals surface area contributed by atoms with Crippen molar-refractivity contribution < 1.29 is 5.11 Å². The number of aromatic nitrogens is 4. The topological polar surface area (TPSA) is 91.7 Å². The molecule has 1 unspecified atom stereocenters. The molecule has 0 saturated carbocycles. The summed E-state index contributed by atoms with van der Waals surface area (Å²) in [4.78, 5) is 0. The normalized spacial score (nSPS) is 14.9. The minimum absolute atomic E-state index is 0.321. The summed E-state index contributed by atoms with van der Waals surface area (Å²) in [6.45, 7) is 0.822. The van der Waals surface area contributed by atoms with Crippen molar-refractivity contribution in [3.8, 4) is 11.9 Å². The van der Waals surface area contributed by atoms with E-state index >= 15 is 0 Å². The number of fused-ring (bicyclic) bond motifs is 1. The second kappa shape index (κ2) is 7.43. The molecule has 0 saturated heterocycles. The van der Waals surface area contributed by atoms with Gasteiger partial charge in [-0.05, 0) is 32.1 Å². The van der Waals surface area contributed by atoms with Gasteiger partial charge in [0.2, 0.25) is 0 Å². The van der Waals surface area contributed by atoms with E-state index in [2.05, 4.69) is 21.6 Å². The summed E-state index contributed by atoms with van der Waals surface area (Å²) in [6.07, 6.45) is 4.75. The van der Waals surface area contributed by atoms with Gasteiger partial charge in [-0.1, -0.05) is 11.6 Å². The molecule has 0 radical (unpaired) electrons. The Hall–Kier alpha value is -1.75. The fourth-order valence-electron chi connectivity index (χ4n) is 2.80. The Labute approximate surface area is 149 Å². The molecule has 2 N–H and O–H groups in total. The molecule has 0 fully saturated rings. The molecule has 2 aromatic rings. The van der Waals surface area contributed by atoms with E-state index in [1.165, 1.54) is 10.9 Å². The number of rotatable bonds is 6. The number of nitrogens with one attached hydrogen (secondary N) is 1. The number of aryl methyl sites for hydroxylation is 1. The Morgan fingerprint density at radius 3 is 3.00 bits per heavy atom. The van der Waals surface area contributed by atoms with Gasteiger partial charge in [-0.3, -0.25) is 4.68 Å². The van der Waals surface area contributed by atoms with Crippen LogP contribution in [0.1, 0.15) is 36.9 Å². The van der Waals surface area contributed by atoms with Crippen molar-refractivity contribution in [2.24, 2.45) is 0 Å². The van der Waals surface area contributed by atoms with E-state index < -0.39 is 6.23 Å². The first-order chi connectivity index (χ1) is 11.7. The summed E-state index contributed by atoms with van der Waals surface area (Å²) in [7, 11) is 0. The van der Waals surface area contributed by atoms with Crippen molar-refractivity contribution in [1.82, 2.24) is 19.6 Å². The van der Waals surface area contributed by atoms with E-state index in [1.807, 2.05) is 4.68 Å². The number of hydrogen-bond acceptors (Lipinski definition) is 5. The first-order valence-electron chi connectivity index (χ1n) is 7.90. The minimum Gasteiger partial charge on any atom is -0.374 e. The first kappa shape index (κ1) is 17.1. The summed E-state index contributed by atoms with van der Waals surface area (Å²) in [5, 5.41) is 31.6. The Kier molecular flexibility index (Phi) is 5.29. The van der Waals surface area contributed by atoms with E-state index in [0.717, 1.165) is 31.5 Å². The molecule has 128 valence electrons. The molecule has 0 spiro atoms. The van der Waals surface area contributed by atoms with Gasteiger partial charge in [-0.2, -0.15) is 20.1 Å². The molecule has 0 aliphatic carbocycles. The highest BCUT2D eigenvalue weighted by Crippen LogP contribution is 2.31. The van der Waals surface area contributed by atoms with Crippen molar-refractivity contribution in [2.45, 2.75) is 44.9 Å². The van der Waals surface area contributed by atoms with Crippen molar-refractivity contribution in [3.63, 3.8) is 0 Å². The van der Waals surface area contributed by atoms with E-state index in [-0.39, 0.29) is 0 Å². The quantitative estimate of drug-likeness (QED) is 0.603. The van der Waals surface area contributed by atoms with Crippen LogP contribution in [0.3, 0.4) is 0 Å². The Balaban J connectivity index is 1.96. The van der Waals surface area contributed by atoms with Gasteiger partial charge in [-0.15, -0.1) is 11.6 Å². The maximum atomic E-state index is 10.1. The lowest BCUT2D eigenvalue weighted by Gasteiger charge is -2.14. The summed E-state index contributed by atoms with van der Waals surface area (Å²) < 4.78 is 3.37. The number of nitrogens with zero attached hydrogens (tertiary/aromatic N) is 5. The van der Waals surface area contributed by atoms with Crippen molar-refractivity contribution in [1.29, 1.82) is 5.26 Å². The number of aliphatic hydroxyl groups excluding tert-OH is 1. The Morgan fingerprint density at radius 1 is 1.46 bits per heavy atom. The van der Waals surface area contributed by atoms with E-state index in [1.54, 1.807) is 0 Å². The molecule has 2 aromatic heterocycles. The average molecular weight is 369 g/mol. The number of alkyl halides is 1. The fourth-order valence-corrected chi connectivity index (χ4v) is 3.27. The van der Waals surface area contributed by atoms with Crippen molar-refractivity contribution in [3.05, 3.63) is 22.5 Å². The standard InChI is InChI=1S/C15H18Cl2N6O/c16-6-3-5-12(24)20-14-10(8-18)9-19-23(14)15-13(17)11-4-1-2-7-22(11)21-15/h9,12,20,24H,1-7H2. The Morgan fingerprint density at radius 2 is 2.29 bits per heavy atom. The van der Waals surface area contributed by atoms with Crippen LogP contribution in [-0.4, -0.2) is 36.8 Å². The molecule has 0 aromatic carbocycles. The molecule has 1 atom stereocenters. The second-order valence-electron chi connectivity index (χ2n) is 5.69. The van der Waals surface area contributed by atoms with Gasteiger partial charge < -0.3 is 10.4 Å². The lowest BCUT2D eigenvalue weighted by atomic mass is 10.1. The van der Waals surface area contributed by atoms with Crippen LogP contribution in [0.25, 0.3) is 5.82 Å². The highest BCUT2D eigenvalue weighted by atomic mass is 35.5. The van der Waals surface area contributed by atoms with Crippen LogP contribution in [0.2, 0.25) is 5.02 Å². The molecule has 24 heavy (non-hydrogen) atoms. The van der Waals surface area contributed by atoms with Gasteiger partial charge >= 0.3 is 0 Å². The molecule has 1 aliphatic rings. The van der Waals surface area contributed by atoms with Crippen LogP contribution in [0.4, 0.5) is 5.82 Å². The third-order valence-electron chi connectivity index (χ3n) is 4.02. The van der Waals surface area contributed by atoms with Crippen LogP contribution in [0.5, 0.6) is 0 Å². The van der Waals surface area contributed by atoms with E-state index in [0.29, 0.717) is 40.9 Å². The SMILES string of the molecule is N#Cc1cnn(-c2nn3c(c2Cl)CCCC3)c1NC(O)CCCCl. The molecular weight excluding hydrogens is 351 g/mol. The zero-order chi connectivity index (χ0) is 17.1. The molecule has 9 heteroatoms. The van der Waals surface area contributed by atoms with Crippen LogP contribution >= 0.6 is 23.2 Å². The molecule has 3 rings (SSSR count). The van der Waals surface area contributed by atoms with Crippen LogP contribution < -0.4 is 5.32 Å². The highest BCUT2D eigenvalue weighted by molar-refractivity contribution is 6.32. The minimum atomic E-state index is -0.831. The van der Waals surface area contributed by atoms with Gasteiger partial charge in [0.1, 0.15) is 22.9 Å². The third kappa shape index (κ3) is 3.22. The molecule has 0 amide bonds. The predicted molar refractivity (Wildman–Crippen MR) is 91.6 cm³/mol. The highest BCUT2D eigenvalue weighted by Gasteiger charge is 2.24. The number of halogens is 2. The van der Waals surface area contributed by atoms with Gasteiger partial charge in [0.25, 0.3) is 0 Å². The summed E-state index contributed by atoms with van der Waals surface area (Å²) in [6, 6.07) is 2.07. The Bertz CT molecular complexity index is 763. The monoisotopic (exact) mass is 368 g/mol. The lowest BCUT2D eigenvalue weighted by molar-refractivity contribution is 0.191. The smallest absolute Gasteiger partial charge is 0.196 e. The van der Waals surface area contributed by atoms with E-state index in [4.69, 9.17) is 23.2 Å². The number of hydrogen-bond donors (Lipinski definition) is 2. The summed E-state index contributed by atoms with van der Waals surface area (Å²) >= 11 is 12.1. The lowest BCUT2D eigenvalue weighted by Crippen LogP contribution is -2.21. The number of anilines is 1. The van der Waals surface area contributed by atoms with Gasteiger partial charge in [-0.25, -0.2) is 0 Å². The molecular formula is C15H18Cl2N6O. The zero-order valence-corrected chi connectivity index (χ0v) is 14.6. The van der Waals surface area contributed by atoms with Gasteiger partial charge in [0.15, 0.2) is 11.6 Å². The van der Waals surface area contributed by atoms with Crippen LogP contribution in [-0.2, 0) is 13.0 Å². The molecule has 0 bridgehead atoms. The summed E-state index contributed by atoms with van der Waals surface area (Å²) in [5.41, 5.74) is 1.31. The summed E-state index contributed by atoms with van der Waals surface area (Å²) in [5.74, 6) is 1.32.